The van der Waals surface area contributed by atoms with Gasteiger partial charge in [-0.2, -0.15) is 0 Å². The lowest BCUT2D eigenvalue weighted by molar-refractivity contribution is 0.385. The molecule has 0 aliphatic rings. The van der Waals surface area contributed by atoms with Crippen LogP contribution in [-0.4, -0.2) is 22.6 Å². The molecule has 0 bridgehead atoms. The third-order valence-electron chi connectivity index (χ3n) is 3.38. The molecule has 1 atom stereocenters. The van der Waals surface area contributed by atoms with Crippen LogP contribution in [0.15, 0.2) is 47.4 Å². The van der Waals surface area contributed by atoms with Crippen LogP contribution in [0.3, 0.4) is 0 Å². The van der Waals surface area contributed by atoms with E-state index >= 15 is 0 Å². The molecule has 0 radical (unpaired) electrons. The van der Waals surface area contributed by atoms with E-state index < -0.39 is 21.9 Å². The van der Waals surface area contributed by atoms with Crippen molar-refractivity contribution in [3.05, 3.63) is 53.8 Å². The quantitative estimate of drug-likeness (QED) is 0.879. The van der Waals surface area contributed by atoms with E-state index in [0.717, 1.165) is 11.6 Å². The summed E-state index contributed by atoms with van der Waals surface area (Å²) in [5.41, 5.74) is 0.767. The van der Waals surface area contributed by atoms with Gasteiger partial charge in [0, 0.05) is 6.04 Å². The highest BCUT2D eigenvalue weighted by Gasteiger charge is 2.20. The fraction of sp³-hybridized carbons (Fsp3) is 0.250. The summed E-state index contributed by atoms with van der Waals surface area (Å²) in [7, 11) is -0.977. The first-order valence-electron chi connectivity index (χ1n) is 6.87. The predicted octanol–water partition coefficient (Wildman–Crippen LogP) is 2.88. The van der Waals surface area contributed by atoms with E-state index in [0.29, 0.717) is 5.75 Å². The second-order valence-corrected chi connectivity index (χ2v) is 6.63. The number of methoxy groups -OCH3 is 2. The first-order chi connectivity index (χ1) is 10.9. The molecule has 0 aliphatic heterocycles. The second kappa shape index (κ2) is 6.97. The monoisotopic (exact) mass is 339 g/mol. The number of hydrogen-bond donors (Lipinski definition) is 1. The van der Waals surface area contributed by atoms with E-state index in [1.54, 1.807) is 38.3 Å². The summed E-state index contributed by atoms with van der Waals surface area (Å²) in [5.74, 6) is -0.0549. The number of halogens is 1. The van der Waals surface area contributed by atoms with Crippen LogP contribution in [0.25, 0.3) is 0 Å². The zero-order valence-corrected chi connectivity index (χ0v) is 13.9. The van der Waals surface area contributed by atoms with Crippen LogP contribution in [0.2, 0.25) is 0 Å². The molecule has 2 aromatic carbocycles. The predicted molar refractivity (Wildman–Crippen MR) is 84.7 cm³/mol. The van der Waals surface area contributed by atoms with Crippen LogP contribution in [0.4, 0.5) is 4.39 Å². The second-order valence-electron chi connectivity index (χ2n) is 4.91. The molecule has 0 saturated heterocycles. The van der Waals surface area contributed by atoms with Crippen LogP contribution in [0.5, 0.6) is 11.5 Å². The van der Waals surface area contributed by atoms with Gasteiger partial charge in [-0.15, -0.1) is 0 Å². The summed E-state index contributed by atoms with van der Waals surface area (Å²) >= 11 is 0. The number of hydrogen-bond acceptors (Lipinski definition) is 4. The molecule has 0 aromatic heterocycles. The molecule has 1 unspecified atom stereocenters. The first kappa shape index (κ1) is 17.2. The molecule has 0 heterocycles. The van der Waals surface area contributed by atoms with Gasteiger partial charge in [0.2, 0.25) is 10.0 Å². The minimum Gasteiger partial charge on any atom is -0.497 e. The van der Waals surface area contributed by atoms with Crippen molar-refractivity contribution in [2.75, 3.05) is 14.2 Å². The Morgan fingerprint density at radius 2 is 1.70 bits per heavy atom. The van der Waals surface area contributed by atoms with Gasteiger partial charge in [0.15, 0.2) is 11.6 Å². The van der Waals surface area contributed by atoms with Gasteiger partial charge in [0.25, 0.3) is 0 Å². The van der Waals surface area contributed by atoms with Gasteiger partial charge in [-0.25, -0.2) is 17.5 Å². The normalized spacial score (nSPS) is 12.7. The Morgan fingerprint density at radius 1 is 1.04 bits per heavy atom. The van der Waals surface area contributed by atoms with E-state index in [-0.39, 0.29) is 10.6 Å². The standard InChI is InChI=1S/C16H18FNO4S/c1-11(12-4-6-13(21-2)7-5-12)18-23(19,20)14-8-9-16(22-3)15(17)10-14/h4-11,18H,1-3H3. The van der Waals surface area contributed by atoms with Crippen LogP contribution in [-0.2, 0) is 10.0 Å². The lowest BCUT2D eigenvalue weighted by Gasteiger charge is -2.15. The molecular weight excluding hydrogens is 321 g/mol. The Kier molecular flexibility index (Phi) is 5.23. The Morgan fingerprint density at radius 3 is 2.22 bits per heavy atom. The maximum absolute atomic E-state index is 13.7. The van der Waals surface area contributed by atoms with Crippen LogP contribution < -0.4 is 14.2 Å². The minimum absolute atomic E-state index is 0.00727. The lowest BCUT2D eigenvalue weighted by Crippen LogP contribution is -2.27. The Labute approximate surface area is 135 Å². The van der Waals surface area contributed by atoms with E-state index in [2.05, 4.69) is 4.72 Å². The first-order valence-corrected chi connectivity index (χ1v) is 8.35. The van der Waals surface area contributed by atoms with Crippen molar-refractivity contribution in [2.24, 2.45) is 0 Å². The molecule has 0 saturated carbocycles. The molecule has 124 valence electrons. The van der Waals surface area contributed by atoms with Crippen molar-refractivity contribution in [2.45, 2.75) is 17.9 Å². The van der Waals surface area contributed by atoms with Crippen molar-refractivity contribution in [3.8, 4) is 11.5 Å². The highest BCUT2D eigenvalue weighted by molar-refractivity contribution is 7.89. The summed E-state index contributed by atoms with van der Waals surface area (Å²) in [6, 6.07) is 10.0. The Bertz CT molecular complexity index is 775. The number of rotatable bonds is 6. The fourth-order valence-electron chi connectivity index (χ4n) is 2.08. The molecule has 2 aromatic rings. The van der Waals surface area contributed by atoms with Crippen LogP contribution >= 0.6 is 0 Å². The van der Waals surface area contributed by atoms with E-state index in [1.807, 2.05) is 0 Å². The van der Waals surface area contributed by atoms with Gasteiger partial charge in [-0.1, -0.05) is 12.1 Å². The summed E-state index contributed by atoms with van der Waals surface area (Å²) in [6.45, 7) is 1.71. The molecule has 0 fully saturated rings. The van der Waals surface area contributed by atoms with Crippen LogP contribution in [0.1, 0.15) is 18.5 Å². The largest absolute Gasteiger partial charge is 0.497 e. The van der Waals surface area contributed by atoms with Crippen LogP contribution in [0, 0.1) is 5.82 Å². The Hall–Kier alpha value is -2.12. The van der Waals surface area contributed by atoms with Crippen molar-refractivity contribution < 1.29 is 22.3 Å². The topological polar surface area (TPSA) is 64.6 Å². The summed E-state index contributed by atoms with van der Waals surface area (Å²) < 4.78 is 50.7. The van der Waals surface area contributed by atoms with Gasteiger partial charge in [-0.05, 0) is 42.8 Å². The highest BCUT2D eigenvalue weighted by Crippen LogP contribution is 2.23. The molecule has 2 rings (SSSR count). The number of nitrogens with one attached hydrogen (secondary N) is 1. The maximum atomic E-state index is 13.7. The molecule has 23 heavy (non-hydrogen) atoms. The summed E-state index contributed by atoms with van der Waals surface area (Å²) in [5, 5.41) is 0. The highest BCUT2D eigenvalue weighted by atomic mass is 32.2. The fourth-order valence-corrected chi connectivity index (χ4v) is 3.32. The molecule has 1 N–H and O–H groups in total. The molecule has 0 spiro atoms. The summed E-state index contributed by atoms with van der Waals surface area (Å²) in [4.78, 5) is -0.156. The van der Waals surface area contributed by atoms with Gasteiger partial charge in [-0.3, -0.25) is 0 Å². The average Bonchev–Trinajstić information content (AvgIpc) is 2.54. The molecule has 5 nitrogen and oxygen atoms in total. The third kappa shape index (κ3) is 4.00. The van der Waals surface area contributed by atoms with Gasteiger partial charge < -0.3 is 9.47 Å². The van der Waals surface area contributed by atoms with Crippen molar-refractivity contribution in [1.82, 2.24) is 4.72 Å². The van der Waals surface area contributed by atoms with E-state index in [1.165, 1.54) is 19.2 Å². The SMILES string of the molecule is COc1ccc(C(C)NS(=O)(=O)c2ccc(OC)c(F)c2)cc1. The average molecular weight is 339 g/mol. The molecule has 0 aliphatic carbocycles. The van der Waals surface area contributed by atoms with Gasteiger partial charge in [0.1, 0.15) is 5.75 Å². The zero-order valence-electron chi connectivity index (χ0n) is 13.0. The zero-order chi connectivity index (χ0) is 17.0. The van der Waals surface area contributed by atoms with Crippen molar-refractivity contribution in [1.29, 1.82) is 0 Å². The summed E-state index contributed by atoms with van der Waals surface area (Å²) in [6.07, 6.45) is 0. The number of sulfonamides is 1. The van der Waals surface area contributed by atoms with E-state index in [9.17, 15) is 12.8 Å². The van der Waals surface area contributed by atoms with Crippen molar-refractivity contribution in [3.63, 3.8) is 0 Å². The lowest BCUT2D eigenvalue weighted by atomic mass is 10.1. The Balaban J connectivity index is 2.21. The molecule has 0 amide bonds. The van der Waals surface area contributed by atoms with Gasteiger partial charge >= 0.3 is 0 Å². The minimum atomic E-state index is -3.85. The molecular formula is C16H18FNO4S. The molecule has 7 heteroatoms. The third-order valence-corrected chi connectivity index (χ3v) is 4.92. The van der Waals surface area contributed by atoms with Crippen molar-refractivity contribution >= 4 is 10.0 Å². The smallest absolute Gasteiger partial charge is 0.241 e. The van der Waals surface area contributed by atoms with E-state index in [4.69, 9.17) is 9.47 Å². The van der Waals surface area contributed by atoms with Gasteiger partial charge in [0.05, 0.1) is 19.1 Å². The number of benzene rings is 2. The maximum Gasteiger partial charge on any atom is 0.241 e. The number of ether oxygens (including phenoxy) is 2.